The molecule has 162 valence electrons. The fourth-order valence-corrected chi connectivity index (χ4v) is 4.20. The lowest BCUT2D eigenvalue weighted by Gasteiger charge is -2.21. The summed E-state index contributed by atoms with van der Waals surface area (Å²) in [6.07, 6.45) is 1.78. The highest BCUT2D eigenvalue weighted by Gasteiger charge is 2.34. The van der Waals surface area contributed by atoms with E-state index in [2.05, 4.69) is 32.8 Å². The van der Waals surface area contributed by atoms with Crippen LogP contribution in [0.2, 0.25) is 0 Å². The van der Waals surface area contributed by atoms with Crippen molar-refractivity contribution in [3.05, 3.63) is 72.4 Å². The van der Waals surface area contributed by atoms with Gasteiger partial charge in [0.2, 0.25) is 0 Å². The quantitative estimate of drug-likeness (QED) is 0.616. The number of rotatable bonds is 7. The summed E-state index contributed by atoms with van der Waals surface area (Å²) in [5.74, 6) is 0.901. The van der Waals surface area contributed by atoms with Crippen LogP contribution >= 0.6 is 0 Å². The number of methoxy groups -OCH3 is 1. The maximum atomic E-state index is 13.0. The molecule has 4 rings (SSSR count). The molecule has 1 aromatic heterocycles. The Morgan fingerprint density at radius 1 is 1.10 bits per heavy atom. The first kappa shape index (κ1) is 21.1. The number of aryl methyl sites for hydroxylation is 1. The molecule has 0 unspecified atom stereocenters. The number of hydrogen-bond donors (Lipinski definition) is 2. The molecule has 31 heavy (non-hydrogen) atoms. The number of carbonyl (C=O) groups is 1. The number of likely N-dealkylation sites (tertiary alicyclic amines) is 1. The third-order valence-corrected chi connectivity index (χ3v) is 5.81. The summed E-state index contributed by atoms with van der Waals surface area (Å²) in [5, 5.41) is 10.6. The van der Waals surface area contributed by atoms with E-state index in [1.165, 1.54) is 5.56 Å². The van der Waals surface area contributed by atoms with Crippen molar-refractivity contribution in [2.24, 2.45) is 7.05 Å². The van der Waals surface area contributed by atoms with Crippen molar-refractivity contribution in [2.45, 2.75) is 12.0 Å². The second kappa shape index (κ2) is 9.76. The van der Waals surface area contributed by atoms with Crippen LogP contribution in [0, 0.1) is 0 Å². The number of aromatic nitrogens is 2. The molecular weight excluding hydrogens is 390 g/mol. The summed E-state index contributed by atoms with van der Waals surface area (Å²) < 4.78 is 6.94. The Labute approximate surface area is 183 Å². The number of ether oxygens (including phenoxy) is 1. The Hall–Kier alpha value is -3.16. The molecule has 7 heteroatoms. The zero-order valence-corrected chi connectivity index (χ0v) is 18.0. The summed E-state index contributed by atoms with van der Waals surface area (Å²) >= 11 is 0. The largest absolute Gasteiger partial charge is 0.383 e. The Bertz CT molecular complexity index is 990. The third-order valence-electron chi connectivity index (χ3n) is 5.81. The number of urea groups is 1. The Balaban J connectivity index is 1.49. The highest BCUT2D eigenvalue weighted by Crippen LogP contribution is 2.29. The van der Waals surface area contributed by atoms with Crippen molar-refractivity contribution >= 4 is 11.8 Å². The van der Waals surface area contributed by atoms with Crippen LogP contribution in [-0.2, 0) is 11.8 Å². The second-order valence-electron chi connectivity index (χ2n) is 7.87. The molecule has 2 heterocycles. The van der Waals surface area contributed by atoms with Gasteiger partial charge in [0.25, 0.3) is 0 Å². The van der Waals surface area contributed by atoms with Crippen LogP contribution in [0.1, 0.15) is 11.5 Å². The van der Waals surface area contributed by atoms with E-state index < -0.39 is 0 Å². The van der Waals surface area contributed by atoms with Gasteiger partial charge in [0.1, 0.15) is 5.82 Å². The monoisotopic (exact) mass is 419 g/mol. The summed E-state index contributed by atoms with van der Waals surface area (Å²) in [6.45, 7) is 3.20. The molecule has 1 aliphatic heterocycles. The third kappa shape index (κ3) is 4.95. The van der Waals surface area contributed by atoms with Crippen molar-refractivity contribution in [1.82, 2.24) is 20.0 Å². The topological polar surface area (TPSA) is 71.4 Å². The fraction of sp³-hybridized carbons (Fsp3) is 0.333. The molecule has 0 bridgehead atoms. The minimum Gasteiger partial charge on any atom is -0.383 e. The average molecular weight is 420 g/mol. The summed E-state index contributed by atoms with van der Waals surface area (Å²) in [7, 11) is 3.54. The van der Waals surface area contributed by atoms with E-state index in [-0.39, 0.29) is 18.0 Å². The predicted octanol–water partition coefficient (Wildman–Crippen LogP) is 3.32. The van der Waals surface area contributed by atoms with E-state index >= 15 is 0 Å². The van der Waals surface area contributed by atoms with Crippen LogP contribution in [0.15, 0.2) is 66.9 Å². The van der Waals surface area contributed by atoms with Crippen LogP contribution in [0.3, 0.4) is 0 Å². The van der Waals surface area contributed by atoms with E-state index in [9.17, 15) is 4.79 Å². The van der Waals surface area contributed by atoms with Gasteiger partial charge in [-0.2, -0.15) is 5.10 Å². The first-order valence-corrected chi connectivity index (χ1v) is 10.6. The first-order chi connectivity index (χ1) is 15.2. The second-order valence-corrected chi connectivity index (χ2v) is 7.87. The molecule has 3 aromatic rings. The number of carbonyl (C=O) groups excluding carboxylic acids is 1. The zero-order valence-electron chi connectivity index (χ0n) is 18.0. The van der Waals surface area contributed by atoms with Crippen molar-refractivity contribution in [3.63, 3.8) is 0 Å². The van der Waals surface area contributed by atoms with E-state index in [1.807, 2.05) is 55.6 Å². The molecule has 1 fully saturated rings. The molecule has 1 aliphatic rings. The van der Waals surface area contributed by atoms with Gasteiger partial charge in [-0.05, 0) is 11.1 Å². The summed E-state index contributed by atoms with van der Waals surface area (Å²) in [6, 6.07) is 20.1. The van der Waals surface area contributed by atoms with E-state index in [0.717, 1.165) is 30.8 Å². The minimum absolute atomic E-state index is 0.00709. The van der Waals surface area contributed by atoms with Crippen molar-refractivity contribution in [1.29, 1.82) is 0 Å². The average Bonchev–Trinajstić information content (AvgIpc) is 3.37. The van der Waals surface area contributed by atoms with E-state index in [1.54, 1.807) is 18.0 Å². The fourth-order valence-electron chi connectivity index (χ4n) is 4.20. The van der Waals surface area contributed by atoms with Gasteiger partial charge in [-0.15, -0.1) is 0 Å². The maximum absolute atomic E-state index is 13.0. The molecule has 0 spiro atoms. The van der Waals surface area contributed by atoms with Gasteiger partial charge in [0, 0.05) is 45.3 Å². The van der Waals surface area contributed by atoms with Crippen molar-refractivity contribution in [2.75, 3.05) is 38.7 Å². The standard InChI is InChI=1S/C24H29N5O2/c1-28-23(20(15-25-28)18-9-5-3-6-10-18)27-24(30)26-22-17-29(13-14-31-2)16-21(22)19-11-7-4-8-12-19/h3-12,15,21-22H,13-14,16-17H2,1-2H3,(H2,26,27,30)/t21-,22+/m1/s1. The van der Waals surface area contributed by atoms with Gasteiger partial charge in [-0.1, -0.05) is 60.7 Å². The number of nitrogens with zero attached hydrogens (tertiary/aromatic N) is 3. The predicted molar refractivity (Wildman–Crippen MR) is 122 cm³/mol. The van der Waals surface area contributed by atoms with Crippen LogP contribution in [0.4, 0.5) is 10.6 Å². The van der Waals surface area contributed by atoms with Crippen molar-refractivity contribution < 1.29 is 9.53 Å². The van der Waals surface area contributed by atoms with Crippen LogP contribution in [0.25, 0.3) is 11.1 Å². The normalized spacial score (nSPS) is 18.8. The molecule has 0 radical (unpaired) electrons. The molecule has 2 N–H and O–H groups in total. The molecule has 1 saturated heterocycles. The lowest BCUT2D eigenvalue weighted by atomic mass is 9.94. The molecule has 2 aromatic carbocycles. The number of nitrogens with one attached hydrogen (secondary N) is 2. The van der Waals surface area contributed by atoms with Crippen LogP contribution in [0.5, 0.6) is 0 Å². The molecule has 0 saturated carbocycles. The Kier molecular flexibility index (Phi) is 6.64. The number of amides is 2. The Morgan fingerprint density at radius 2 is 1.81 bits per heavy atom. The highest BCUT2D eigenvalue weighted by molar-refractivity contribution is 5.93. The molecule has 2 atom stereocenters. The Morgan fingerprint density at radius 3 is 2.52 bits per heavy atom. The van der Waals surface area contributed by atoms with Gasteiger partial charge in [0.05, 0.1) is 18.8 Å². The zero-order chi connectivity index (χ0) is 21.6. The smallest absolute Gasteiger partial charge is 0.320 e. The van der Waals surface area contributed by atoms with Gasteiger partial charge < -0.3 is 10.1 Å². The van der Waals surface area contributed by atoms with Crippen molar-refractivity contribution in [3.8, 4) is 11.1 Å². The van der Waals surface area contributed by atoms with Crippen LogP contribution in [-0.4, -0.2) is 60.1 Å². The highest BCUT2D eigenvalue weighted by atomic mass is 16.5. The first-order valence-electron chi connectivity index (χ1n) is 10.6. The number of benzene rings is 2. The molecular formula is C24H29N5O2. The summed E-state index contributed by atoms with van der Waals surface area (Å²) in [4.78, 5) is 15.3. The minimum atomic E-state index is -0.222. The molecule has 7 nitrogen and oxygen atoms in total. The van der Waals surface area contributed by atoms with E-state index in [4.69, 9.17) is 4.74 Å². The number of hydrogen-bond acceptors (Lipinski definition) is 4. The van der Waals surface area contributed by atoms with Gasteiger partial charge in [-0.3, -0.25) is 14.9 Å². The van der Waals surface area contributed by atoms with E-state index in [0.29, 0.717) is 12.4 Å². The number of anilines is 1. The lowest BCUT2D eigenvalue weighted by molar-refractivity contribution is 0.159. The maximum Gasteiger partial charge on any atom is 0.320 e. The van der Waals surface area contributed by atoms with Gasteiger partial charge >= 0.3 is 6.03 Å². The van der Waals surface area contributed by atoms with Gasteiger partial charge in [-0.25, -0.2) is 4.79 Å². The SMILES string of the molecule is COCCN1C[C@H](NC(=O)Nc2c(-c3ccccc3)cnn2C)[C@@H](c2ccccc2)C1. The summed E-state index contributed by atoms with van der Waals surface area (Å²) in [5.41, 5.74) is 3.14. The molecule has 2 amide bonds. The van der Waals surface area contributed by atoms with Gasteiger partial charge in [0.15, 0.2) is 0 Å². The van der Waals surface area contributed by atoms with Crippen LogP contribution < -0.4 is 10.6 Å². The molecule has 0 aliphatic carbocycles. The lowest BCUT2D eigenvalue weighted by Crippen LogP contribution is -2.42.